The number of fused-ring (bicyclic) bond motifs is 1. The van der Waals surface area contributed by atoms with Crippen LogP contribution in [-0.4, -0.2) is 52.5 Å². The van der Waals surface area contributed by atoms with Gasteiger partial charge in [0, 0.05) is 17.8 Å². The van der Waals surface area contributed by atoms with Crippen LogP contribution in [-0.2, 0) is 19.1 Å². The van der Waals surface area contributed by atoms with Crippen molar-refractivity contribution in [3.05, 3.63) is 42.0 Å². The second kappa shape index (κ2) is 9.82. The van der Waals surface area contributed by atoms with Crippen LogP contribution in [0.25, 0.3) is 0 Å². The number of ether oxygens (including phenoxy) is 1. The van der Waals surface area contributed by atoms with Gasteiger partial charge in [-0.25, -0.2) is 0 Å². The molecule has 7 atom stereocenters. The van der Waals surface area contributed by atoms with E-state index < -0.39 is 29.6 Å². The fourth-order valence-electron chi connectivity index (χ4n) is 7.86. The number of carbonyl (C=O) groups excluding carboxylic acids is 3. The summed E-state index contributed by atoms with van der Waals surface area (Å²) in [5.41, 5.74) is 0.660. The van der Waals surface area contributed by atoms with E-state index in [1.807, 2.05) is 48.2 Å². The molecule has 0 radical (unpaired) electrons. The summed E-state index contributed by atoms with van der Waals surface area (Å²) in [6.07, 6.45) is 11.5. The van der Waals surface area contributed by atoms with Crippen molar-refractivity contribution in [3.63, 3.8) is 0 Å². The van der Waals surface area contributed by atoms with Gasteiger partial charge in [-0.15, -0.1) is 0 Å². The summed E-state index contributed by atoms with van der Waals surface area (Å²) in [6.45, 7) is 6.44. The highest BCUT2D eigenvalue weighted by Gasteiger charge is 2.73. The summed E-state index contributed by atoms with van der Waals surface area (Å²) in [6, 6.07) is 7.03. The number of amides is 3. The number of anilines is 1. The SMILES string of the molecule is Cc1cccc(NC(=O)[C@@H]2[C@@H]3C=C[C@]4(O3)[C@@H]2C(=O)N(C2CCC(C)CC2)[C@H]4C(=O)N[C@H]2CCCC[C@H]2C)c1. The number of likely N-dealkylation sites (tertiary alicyclic amines) is 1. The summed E-state index contributed by atoms with van der Waals surface area (Å²) >= 11 is 0. The third-order valence-corrected chi connectivity index (χ3v) is 9.97. The van der Waals surface area contributed by atoms with Gasteiger partial charge in [0.1, 0.15) is 11.6 Å². The van der Waals surface area contributed by atoms with Gasteiger partial charge in [-0.1, -0.05) is 51.0 Å². The van der Waals surface area contributed by atoms with Crippen molar-refractivity contribution in [3.8, 4) is 0 Å². The molecule has 3 heterocycles. The average molecular weight is 520 g/mol. The summed E-state index contributed by atoms with van der Waals surface area (Å²) in [5.74, 6) is -0.765. The lowest BCUT2D eigenvalue weighted by Crippen LogP contribution is -2.59. The quantitative estimate of drug-likeness (QED) is 0.566. The van der Waals surface area contributed by atoms with Crippen molar-refractivity contribution in [2.45, 2.75) is 102 Å². The molecule has 3 amide bonds. The van der Waals surface area contributed by atoms with Gasteiger partial charge in [-0.05, 0) is 75.0 Å². The standard InChI is InChI=1S/C31H41N3O4/c1-18-11-13-22(14-12-18)34-27(29(36)33-23-10-5-4-8-20(23)3)31-16-15-24(38-31)25(26(31)30(34)37)28(35)32-21-9-6-7-19(2)17-21/h6-7,9,15-18,20,22-27H,4-5,8,10-14H2,1-3H3,(H,32,35)(H,33,36)/t18?,20-,22?,23+,24+,25-,26+,27+,31+/m1/s1. The molecule has 2 bridgehead atoms. The predicted molar refractivity (Wildman–Crippen MR) is 145 cm³/mol. The van der Waals surface area contributed by atoms with E-state index in [1.54, 1.807) is 0 Å². The zero-order valence-electron chi connectivity index (χ0n) is 22.8. The summed E-state index contributed by atoms with van der Waals surface area (Å²) in [7, 11) is 0. The molecule has 0 unspecified atom stereocenters. The second-order valence-corrected chi connectivity index (χ2v) is 12.6. The third kappa shape index (κ3) is 4.18. The molecule has 4 fully saturated rings. The number of nitrogens with zero attached hydrogens (tertiary/aromatic N) is 1. The third-order valence-electron chi connectivity index (χ3n) is 9.97. The van der Waals surface area contributed by atoms with E-state index >= 15 is 0 Å². The number of hydrogen-bond donors (Lipinski definition) is 2. The molecule has 2 aliphatic carbocycles. The molecular weight excluding hydrogens is 478 g/mol. The molecule has 7 nitrogen and oxygen atoms in total. The molecule has 0 aromatic heterocycles. The molecule has 204 valence electrons. The fraction of sp³-hybridized carbons (Fsp3) is 0.645. The maximum atomic E-state index is 14.3. The minimum Gasteiger partial charge on any atom is -0.359 e. The Morgan fingerprint density at radius 2 is 1.79 bits per heavy atom. The van der Waals surface area contributed by atoms with E-state index in [0.717, 1.165) is 50.5 Å². The van der Waals surface area contributed by atoms with E-state index in [1.165, 1.54) is 6.42 Å². The topological polar surface area (TPSA) is 87.7 Å². The second-order valence-electron chi connectivity index (χ2n) is 12.6. The summed E-state index contributed by atoms with van der Waals surface area (Å²) < 4.78 is 6.55. The Balaban J connectivity index is 1.32. The molecule has 1 spiro atoms. The number of carbonyl (C=O) groups is 3. The van der Waals surface area contributed by atoms with Crippen LogP contribution in [0.2, 0.25) is 0 Å². The Hall–Kier alpha value is -2.67. The van der Waals surface area contributed by atoms with Crippen LogP contribution in [0.3, 0.4) is 0 Å². The molecule has 2 N–H and O–H groups in total. The lowest BCUT2D eigenvalue weighted by atomic mass is 9.74. The van der Waals surface area contributed by atoms with E-state index in [-0.39, 0.29) is 29.8 Å². The summed E-state index contributed by atoms with van der Waals surface area (Å²) in [5, 5.41) is 6.37. The number of benzene rings is 1. The molecular formula is C31H41N3O4. The van der Waals surface area contributed by atoms with Crippen LogP contribution in [0.5, 0.6) is 0 Å². The Labute approximate surface area is 225 Å². The lowest BCUT2D eigenvalue weighted by Gasteiger charge is -2.40. The Kier molecular flexibility index (Phi) is 6.61. The van der Waals surface area contributed by atoms with Gasteiger partial charge in [-0.2, -0.15) is 0 Å². The highest BCUT2D eigenvalue weighted by atomic mass is 16.5. The largest absolute Gasteiger partial charge is 0.359 e. The van der Waals surface area contributed by atoms with E-state index in [4.69, 9.17) is 4.74 Å². The van der Waals surface area contributed by atoms with Gasteiger partial charge < -0.3 is 20.3 Å². The molecule has 7 heteroatoms. The molecule has 1 aromatic carbocycles. The zero-order valence-corrected chi connectivity index (χ0v) is 22.8. The highest BCUT2D eigenvalue weighted by Crippen LogP contribution is 2.56. The van der Waals surface area contributed by atoms with Crippen LogP contribution >= 0.6 is 0 Å². The van der Waals surface area contributed by atoms with Gasteiger partial charge in [0.25, 0.3) is 0 Å². The normalized spacial score (nSPS) is 39.8. The van der Waals surface area contributed by atoms with Crippen molar-refractivity contribution in [2.24, 2.45) is 23.7 Å². The van der Waals surface area contributed by atoms with Crippen LogP contribution in [0.15, 0.2) is 36.4 Å². The fourth-order valence-corrected chi connectivity index (χ4v) is 7.86. The average Bonchev–Trinajstić information content (AvgIpc) is 3.53. The number of hydrogen-bond acceptors (Lipinski definition) is 4. The van der Waals surface area contributed by atoms with Gasteiger partial charge in [0.2, 0.25) is 17.7 Å². The maximum absolute atomic E-state index is 14.3. The molecule has 1 aromatic rings. The summed E-state index contributed by atoms with van der Waals surface area (Å²) in [4.78, 5) is 43.9. The molecule has 38 heavy (non-hydrogen) atoms. The first-order chi connectivity index (χ1) is 18.3. The van der Waals surface area contributed by atoms with Crippen molar-refractivity contribution in [2.75, 3.05) is 5.32 Å². The van der Waals surface area contributed by atoms with E-state index in [2.05, 4.69) is 24.5 Å². The van der Waals surface area contributed by atoms with Crippen LogP contribution < -0.4 is 10.6 Å². The minimum atomic E-state index is -1.10. The first-order valence-electron chi connectivity index (χ1n) is 14.7. The molecule has 3 aliphatic heterocycles. The smallest absolute Gasteiger partial charge is 0.246 e. The maximum Gasteiger partial charge on any atom is 0.246 e. The van der Waals surface area contributed by atoms with Crippen LogP contribution in [0.4, 0.5) is 5.69 Å². The first-order valence-corrected chi connectivity index (χ1v) is 14.7. The molecule has 6 rings (SSSR count). The monoisotopic (exact) mass is 519 g/mol. The van der Waals surface area contributed by atoms with Crippen molar-refractivity contribution in [1.82, 2.24) is 10.2 Å². The predicted octanol–water partition coefficient (Wildman–Crippen LogP) is 4.36. The number of rotatable bonds is 5. The Morgan fingerprint density at radius 1 is 1.03 bits per heavy atom. The van der Waals surface area contributed by atoms with Crippen LogP contribution in [0.1, 0.15) is 70.8 Å². The first kappa shape index (κ1) is 25.6. The van der Waals surface area contributed by atoms with Gasteiger partial charge >= 0.3 is 0 Å². The van der Waals surface area contributed by atoms with Gasteiger partial charge in [0.05, 0.1) is 17.9 Å². The lowest BCUT2D eigenvalue weighted by molar-refractivity contribution is -0.145. The Bertz CT molecular complexity index is 1140. The number of nitrogens with one attached hydrogen (secondary N) is 2. The Morgan fingerprint density at radius 3 is 2.53 bits per heavy atom. The number of aryl methyl sites for hydroxylation is 1. The molecule has 2 saturated heterocycles. The minimum absolute atomic E-state index is 0.00487. The highest BCUT2D eigenvalue weighted by molar-refractivity contribution is 6.03. The van der Waals surface area contributed by atoms with Crippen molar-refractivity contribution < 1.29 is 19.1 Å². The van der Waals surface area contributed by atoms with E-state index in [9.17, 15) is 14.4 Å². The van der Waals surface area contributed by atoms with Crippen LogP contribution in [0, 0.1) is 30.6 Å². The zero-order chi connectivity index (χ0) is 26.6. The molecule has 5 aliphatic rings. The van der Waals surface area contributed by atoms with E-state index in [0.29, 0.717) is 17.5 Å². The van der Waals surface area contributed by atoms with Crippen molar-refractivity contribution >= 4 is 23.4 Å². The van der Waals surface area contributed by atoms with Crippen molar-refractivity contribution in [1.29, 1.82) is 0 Å². The molecule has 2 saturated carbocycles. The van der Waals surface area contributed by atoms with Gasteiger partial charge in [0.15, 0.2) is 0 Å². The van der Waals surface area contributed by atoms with Gasteiger partial charge in [-0.3, -0.25) is 14.4 Å².